The number of aromatic nitrogens is 2. The lowest BCUT2D eigenvalue weighted by molar-refractivity contribution is -0.144. The molecule has 4 rings (SSSR count). The van der Waals surface area contributed by atoms with E-state index in [1.54, 1.807) is 7.05 Å². The Balaban J connectivity index is 1.32. The van der Waals surface area contributed by atoms with E-state index in [-0.39, 0.29) is 24.8 Å². The third-order valence-corrected chi connectivity index (χ3v) is 5.28. The summed E-state index contributed by atoms with van der Waals surface area (Å²) < 4.78 is 6.78. The van der Waals surface area contributed by atoms with Crippen LogP contribution in [0.4, 0.5) is 4.79 Å². The zero-order valence-corrected chi connectivity index (χ0v) is 17.8. The monoisotopic (exact) mass is 450 g/mol. The first kappa shape index (κ1) is 22.0. The molecule has 0 unspecified atom stereocenters. The number of ether oxygens (including phenoxy) is 1. The predicted molar refractivity (Wildman–Crippen MR) is 116 cm³/mol. The number of nitrogens with one attached hydrogen (secondary N) is 2. The van der Waals surface area contributed by atoms with Gasteiger partial charge in [0.15, 0.2) is 6.61 Å². The van der Waals surface area contributed by atoms with Gasteiger partial charge in [-0.15, -0.1) is 0 Å². The number of carbonyl (C=O) groups excluding carboxylic acids is 2. The van der Waals surface area contributed by atoms with Gasteiger partial charge < -0.3 is 15.2 Å². The van der Waals surface area contributed by atoms with Crippen molar-refractivity contribution in [1.82, 2.24) is 20.6 Å². The molecule has 0 fully saturated rings. The van der Waals surface area contributed by atoms with Crippen molar-refractivity contribution in [3.63, 3.8) is 0 Å². The van der Waals surface area contributed by atoms with E-state index in [9.17, 15) is 14.4 Å². The van der Waals surface area contributed by atoms with E-state index in [2.05, 4.69) is 27.4 Å². The van der Waals surface area contributed by atoms with Crippen molar-refractivity contribution in [2.75, 3.05) is 13.2 Å². The van der Waals surface area contributed by atoms with Crippen molar-refractivity contribution in [2.24, 2.45) is 7.05 Å². The van der Waals surface area contributed by atoms with E-state index in [0.29, 0.717) is 5.69 Å². The second kappa shape index (κ2) is 9.53. The highest BCUT2D eigenvalue weighted by Gasteiger charge is 2.29. The molecule has 0 bridgehead atoms. The standard InChI is InChI=1S/C23H22N4O6/c1-27-20(22(30)26-33-13-21(28)29)10-14(25-27)11-24-23(31)32-12-19-17-8-4-2-6-15(17)16-7-3-5-9-18(16)19/h2-10,19H,11-13H2,1H3,(H,24,31)(H,26,30)(H,28,29). The summed E-state index contributed by atoms with van der Waals surface area (Å²) in [6, 6.07) is 17.6. The van der Waals surface area contributed by atoms with Gasteiger partial charge in [-0.3, -0.25) is 14.3 Å². The highest BCUT2D eigenvalue weighted by molar-refractivity contribution is 5.92. The van der Waals surface area contributed by atoms with Gasteiger partial charge in [-0.05, 0) is 28.3 Å². The number of fused-ring (bicyclic) bond motifs is 3. The maximum absolute atomic E-state index is 12.3. The Labute approximate surface area is 189 Å². The second-order valence-electron chi connectivity index (χ2n) is 7.44. The maximum Gasteiger partial charge on any atom is 0.407 e. The number of nitrogens with zero attached hydrogens (tertiary/aromatic N) is 2. The molecule has 1 heterocycles. The normalized spacial score (nSPS) is 12.0. The Morgan fingerprint density at radius 3 is 2.33 bits per heavy atom. The van der Waals surface area contributed by atoms with Gasteiger partial charge in [-0.1, -0.05) is 48.5 Å². The molecule has 0 aliphatic heterocycles. The third kappa shape index (κ3) is 4.85. The van der Waals surface area contributed by atoms with Crippen LogP contribution in [-0.4, -0.2) is 46.1 Å². The first-order chi connectivity index (χ1) is 15.9. The molecule has 10 heteroatoms. The number of amides is 2. The average molecular weight is 450 g/mol. The van der Waals surface area contributed by atoms with Crippen molar-refractivity contribution in [3.05, 3.63) is 77.1 Å². The predicted octanol–water partition coefficient (Wildman–Crippen LogP) is 2.20. The van der Waals surface area contributed by atoms with Gasteiger partial charge in [-0.2, -0.15) is 5.10 Å². The summed E-state index contributed by atoms with van der Waals surface area (Å²) in [6.07, 6.45) is -0.599. The van der Waals surface area contributed by atoms with E-state index in [1.807, 2.05) is 41.9 Å². The topological polar surface area (TPSA) is 132 Å². The minimum absolute atomic E-state index is 0.0425. The molecule has 1 aliphatic carbocycles. The van der Waals surface area contributed by atoms with Crippen LogP contribution < -0.4 is 10.8 Å². The Morgan fingerprint density at radius 2 is 1.70 bits per heavy atom. The van der Waals surface area contributed by atoms with E-state index >= 15 is 0 Å². The van der Waals surface area contributed by atoms with Crippen LogP contribution in [-0.2, 0) is 28.0 Å². The highest BCUT2D eigenvalue weighted by Crippen LogP contribution is 2.44. The molecule has 2 aromatic carbocycles. The van der Waals surface area contributed by atoms with E-state index in [0.717, 1.165) is 22.3 Å². The lowest BCUT2D eigenvalue weighted by Crippen LogP contribution is -2.28. The van der Waals surface area contributed by atoms with E-state index in [1.165, 1.54) is 10.7 Å². The Kier molecular flexibility index (Phi) is 6.36. The summed E-state index contributed by atoms with van der Waals surface area (Å²) in [7, 11) is 1.54. The number of aliphatic carboxylic acids is 1. The number of alkyl carbamates (subject to hydrolysis) is 1. The van der Waals surface area contributed by atoms with Crippen LogP contribution in [0, 0.1) is 0 Å². The fourth-order valence-electron chi connectivity index (χ4n) is 3.85. The minimum atomic E-state index is -1.21. The lowest BCUT2D eigenvalue weighted by atomic mass is 9.98. The molecule has 0 radical (unpaired) electrons. The second-order valence-corrected chi connectivity index (χ2v) is 7.44. The van der Waals surface area contributed by atoms with Gasteiger partial charge in [0, 0.05) is 13.0 Å². The summed E-state index contributed by atoms with van der Waals surface area (Å²) in [6.45, 7) is -0.426. The summed E-state index contributed by atoms with van der Waals surface area (Å²) in [4.78, 5) is 39.4. The number of carbonyl (C=O) groups is 3. The zero-order valence-electron chi connectivity index (χ0n) is 17.8. The molecule has 0 saturated carbocycles. The summed E-state index contributed by atoms with van der Waals surface area (Å²) >= 11 is 0. The van der Waals surface area contributed by atoms with Crippen LogP contribution in [0.5, 0.6) is 0 Å². The summed E-state index contributed by atoms with van der Waals surface area (Å²) in [5, 5.41) is 15.3. The van der Waals surface area contributed by atoms with Gasteiger partial charge in [-0.25, -0.2) is 15.1 Å². The van der Waals surface area contributed by atoms with Gasteiger partial charge in [0.05, 0.1) is 12.2 Å². The van der Waals surface area contributed by atoms with Crippen molar-refractivity contribution < 1.29 is 29.1 Å². The Morgan fingerprint density at radius 1 is 1.06 bits per heavy atom. The maximum atomic E-state index is 12.3. The van der Waals surface area contributed by atoms with Crippen molar-refractivity contribution >= 4 is 18.0 Å². The van der Waals surface area contributed by atoms with E-state index < -0.39 is 24.6 Å². The van der Waals surface area contributed by atoms with Gasteiger partial charge in [0.25, 0.3) is 5.91 Å². The fraction of sp³-hybridized carbons (Fsp3) is 0.217. The molecular weight excluding hydrogens is 428 g/mol. The lowest BCUT2D eigenvalue weighted by Gasteiger charge is -2.14. The summed E-state index contributed by atoms with van der Waals surface area (Å²) in [5.74, 6) is -1.91. The SMILES string of the molecule is Cn1nc(CNC(=O)OCC2c3ccccc3-c3ccccc32)cc1C(=O)NOCC(=O)O. The number of carboxylic acids is 1. The molecule has 3 N–H and O–H groups in total. The minimum Gasteiger partial charge on any atom is -0.479 e. The first-order valence-corrected chi connectivity index (χ1v) is 10.2. The molecule has 3 aromatic rings. The Hall–Kier alpha value is -4.18. The van der Waals surface area contributed by atoms with Crippen LogP contribution in [0.1, 0.15) is 33.2 Å². The molecule has 2 amide bonds. The molecule has 10 nitrogen and oxygen atoms in total. The molecule has 0 spiro atoms. The molecule has 0 atom stereocenters. The third-order valence-electron chi connectivity index (χ3n) is 5.28. The summed E-state index contributed by atoms with van der Waals surface area (Å²) in [5.41, 5.74) is 7.13. The van der Waals surface area contributed by atoms with Crippen LogP contribution in [0.3, 0.4) is 0 Å². The number of aryl methyl sites for hydroxylation is 1. The molecule has 33 heavy (non-hydrogen) atoms. The largest absolute Gasteiger partial charge is 0.479 e. The van der Waals surface area contributed by atoms with Gasteiger partial charge >= 0.3 is 12.1 Å². The van der Waals surface area contributed by atoms with Crippen molar-refractivity contribution in [1.29, 1.82) is 0 Å². The molecule has 1 aromatic heterocycles. The van der Waals surface area contributed by atoms with Gasteiger partial charge in [0.2, 0.25) is 0 Å². The number of hydrogen-bond acceptors (Lipinski definition) is 6. The molecule has 0 saturated heterocycles. The number of hydroxylamine groups is 1. The van der Waals surface area contributed by atoms with Crippen LogP contribution in [0.15, 0.2) is 54.6 Å². The van der Waals surface area contributed by atoms with Crippen LogP contribution in [0.2, 0.25) is 0 Å². The average Bonchev–Trinajstić information content (AvgIpc) is 3.33. The van der Waals surface area contributed by atoms with Crippen molar-refractivity contribution in [2.45, 2.75) is 12.5 Å². The van der Waals surface area contributed by atoms with E-state index in [4.69, 9.17) is 9.84 Å². The molecular formula is C23H22N4O6. The highest BCUT2D eigenvalue weighted by atomic mass is 16.7. The molecule has 1 aliphatic rings. The van der Waals surface area contributed by atoms with Crippen LogP contribution in [0.25, 0.3) is 11.1 Å². The first-order valence-electron chi connectivity index (χ1n) is 10.2. The quantitative estimate of drug-likeness (QED) is 0.448. The number of hydrogen-bond donors (Lipinski definition) is 3. The number of rotatable bonds is 8. The molecule has 170 valence electrons. The van der Waals surface area contributed by atoms with Gasteiger partial charge in [0.1, 0.15) is 12.3 Å². The zero-order chi connectivity index (χ0) is 23.4. The van der Waals surface area contributed by atoms with Crippen LogP contribution >= 0.6 is 0 Å². The fourth-order valence-corrected chi connectivity index (χ4v) is 3.85. The van der Waals surface area contributed by atoms with Crippen molar-refractivity contribution in [3.8, 4) is 11.1 Å². The number of carboxylic acid groups (broad SMARTS) is 1. The smallest absolute Gasteiger partial charge is 0.407 e. The Bertz CT molecular complexity index is 1160. The number of benzene rings is 2.